The van der Waals surface area contributed by atoms with E-state index >= 15 is 0 Å². The maximum absolute atomic E-state index is 12.9. The van der Waals surface area contributed by atoms with Crippen molar-refractivity contribution in [3.8, 4) is 0 Å². The highest BCUT2D eigenvalue weighted by molar-refractivity contribution is 7.99. The third kappa shape index (κ3) is 6.99. The molecule has 2 amide bonds. The molecule has 0 saturated carbocycles. The molecule has 2 aromatic carbocycles. The number of hydrogen-bond donors (Lipinski definition) is 2. The van der Waals surface area contributed by atoms with Gasteiger partial charge in [0, 0.05) is 17.8 Å². The summed E-state index contributed by atoms with van der Waals surface area (Å²) in [5, 5.41) is 15.7. The van der Waals surface area contributed by atoms with Gasteiger partial charge in [0.15, 0.2) is 11.0 Å². The number of anilines is 1. The Morgan fingerprint density at radius 2 is 1.71 bits per heavy atom. The fourth-order valence-electron chi connectivity index (χ4n) is 3.42. The average molecular weight is 535 g/mol. The molecular weight excluding hydrogens is 505 g/mol. The van der Waals surface area contributed by atoms with Crippen LogP contribution in [0.25, 0.3) is 0 Å². The SMILES string of the molecule is CC(C)c1ccc(NC(=O)CSc2nnc([C@H](NC(=O)c3ccc(Cl)cc3Cl)C(C)C)n2C)cc1. The van der Waals surface area contributed by atoms with Gasteiger partial charge in [-0.15, -0.1) is 10.2 Å². The van der Waals surface area contributed by atoms with Crippen LogP contribution in [0.2, 0.25) is 10.0 Å². The Morgan fingerprint density at radius 3 is 2.31 bits per heavy atom. The highest BCUT2D eigenvalue weighted by Crippen LogP contribution is 2.26. The van der Waals surface area contributed by atoms with Gasteiger partial charge in [-0.3, -0.25) is 9.59 Å². The number of carbonyl (C=O) groups is 2. The number of aromatic nitrogens is 3. The minimum atomic E-state index is -0.408. The van der Waals surface area contributed by atoms with Crippen molar-refractivity contribution < 1.29 is 9.59 Å². The predicted molar refractivity (Wildman–Crippen MR) is 142 cm³/mol. The molecule has 1 atom stereocenters. The molecule has 3 rings (SSSR count). The summed E-state index contributed by atoms with van der Waals surface area (Å²) in [5.74, 6) is 0.765. The first-order chi connectivity index (χ1) is 16.6. The van der Waals surface area contributed by atoms with E-state index in [1.807, 2.05) is 45.2 Å². The Hall–Kier alpha value is -2.55. The maximum atomic E-state index is 12.9. The number of carbonyl (C=O) groups excluding carboxylic acids is 2. The van der Waals surface area contributed by atoms with E-state index in [0.717, 1.165) is 5.69 Å². The van der Waals surface area contributed by atoms with E-state index in [-0.39, 0.29) is 28.5 Å². The molecule has 2 N–H and O–H groups in total. The molecule has 0 fully saturated rings. The highest BCUT2D eigenvalue weighted by Gasteiger charge is 2.26. The van der Waals surface area contributed by atoms with Crippen molar-refractivity contribution in [2.75, 3.05) is 11.1 Å². The molecule has 0 saturated heterocycles. The summed E-state index contributed by atoms with van der Waals surface area (Å²) in [6.45, 7) is 8.21. The zero-order chi connectivity index (χ0) is 25.7. The molecule has 1 aromatic heterocycles. The molecule has 0 aliphatic carbocycles. The smallest absolute Gasteiger partial charge is 0.253 e. The Bertz CT molecular complexity index is 1200. The van der Waals surface area contributed by atoms with Gasteiger partial charge in [-0.05, 0) is 47.7 Å². The molecule has 0 radical (unpaired) electrons. The lowest BCUT2D eigenvalue weighted by Gasteiger charge is -2.22. The summed E-state index contributed by atoms with van der Waals surface area (Å²) in [4.78, 5) is 25.3. The van der Waals surface area contributed by atoms with E-state index in [2.05, 4.69) is 34.7 Å². The van der Waals surface area contributed by atoms with E-state index in [1.54, 1.807) is 16.7 Å². The fraction of sp³-hybridized carbons (Fsp3) is 0.360. The van der Waals surface area contributed by atoms with Crippen molar-refractivity contribution in [2.45, 2.75) is 44.8 Å². The van der Waals surface area contributed by atoms with Crippen molar-refractivity contribution in [3.05, 3.63) is 69.5 Å². The second-order valence-electron chi connectivity index (χ2n) is 8.83. The number of amides is 2. The third-order valence-corrected chi connectivity index (χ3v) is 7.04. The first kappa shape index (κ1) is 27.0. The zero-order valence-electron chi connectivity index (χ0n) is 20.3. The maximum Gasteiger partial charge on any atom is 0.253 e. The fourth-order valence-corrected chi connectivity index (χ4v) is 4.64. The van der Waals surface area contributed by atoms with E-state index in [1.165, 1.54) is 23.4 Å². The topological polar surface area (TPSA) is 88.9 Å². The Kier molecular flexibility index (Phi) is 9.21. The van der Waals surface area contributed by atoms with Crippen LogP contribution in [0, 0.1) is 5.92 Å². The van der Waals surface area contributed by atoms with Gasteiger partial charge in [-0.25, -0.2) is 0 Å². The molecule has 186 valence electrons. The predicted octanol–water partition coefficient (Wildman–Crippen LogP) is 6.10. The van der Waals surface area contributed by atoms with Gasteiger partial charge in [-0.1, -0.05) is 74.8 Å². The number of rotatable bonds is 9. The number of thioether (sulfide) groups is 1. The molecular formula is C25H29Cl2N5O2S. The lowest BCUT2D eigenvalue weighted by molar-refractivity contribution is -0.113. The minimum absolute atomic E-state index is 0.0304. The molecule has 1 heterocycles. The van der Waals surface area contributed by atoms with Crippen LogP contribution in [0.3, 0.4) is 0 Å². The highest BCUT2D eigenvalue weighted by atomic mass is 35.5. The van der Waals surface area contributed by atoms with Crippen LogP contribution < -0.4 is 10.6 Å². The molecule has 0 unspecified atom stereocenters. The van der Waals surface area contributed by atoms with Crippen molar-refractivity contribution in [1.82, 2.24) is 20.1 Å². The van der Waals surface area contributed by atoms with Crippen LogP contribution in [0.1, 0.15) is 61.4 Å². The number of nitrogens with one attached hydrogen (secondary N) is 2. The number of benzene rings is 2. The Labute approximate surface area is 220 Å². The quantitative estimate of drug-likeness (QED) is 0.324. The lowest BCUT2D eigenvalue weighted by Crippen LogP contribution is -2.33. The average Bonchev–Trinajstić information content (AvgIpc) is 3.16. The van der Waals surface area contributed by atoms with Gasteiger partial charge < -0.3 is 15.2 Å². The monoisotopic (exact) mass is 533 g/mol. The Morgan fingerprint density at radius 1 is 1.03 bits per heavy atom. The molecule has 0 aliphatic rings. The largest absolute Gasteiger partial charge is 0.342 e. The van der Waals surface area contributed by atoms with Crippen molar-refractivity contribution in [3.63, 3.8) is 0 Å². The van der Waals surface area contributed by atoms with Gasteiger partial charge in [0.05, 0.1) is 22.4 Å². The van der Waals surface area contributed by atoms with Crippen LogP contribution in [-0.4, -0.2) is 32.3 Å². The number of nitrogens with zero attached hydrogens (tertiary/aromatic N) is 3. The van der Waals surface area contributed by atoms with E-state index in [0.29, 0.717) is 27.5 Å². The summed E-state index contributed by atoms with van der Waals surface area (Å²) in [6, 6.07) is 12.2. The van der Waals surface area contributed by atoms with Gasteiger partial charge in [-0.2, -0.15) is 0 Å². The second kappa shape index (κ2) is 11.9. The van der Waals surface area contributed by atoms with Gasteiger partial charge in [0.25, 0.3) is 5.91 Å². The molecule has 0 aliphatic heterocycles. The van der Waals surface area contributed by atoms with Crippen LogP contribution >= 0.6 is 35.0 Å². The molecule has 3 aromatic rings. The minimum Gasteiger partial charge on any atom is -0.342 e. The summed E-state index contributed by atoms with van der Waals surface area (Å²) in [5.41, 5.74) is 2.30. The van der Waals surface area contributed by atoms with Gasteiger partial charge >= 0.3 is 0 Å². The van der Waals surface area contributed by atoms with Crippen molar-refractivity contribution in [2.24, 2.45) is 13.0 Å². The Balaban J connectivity index is 1.65. The third-order valence-electron chi connectivity index (χ3n) is 5.47. The normalized spacial score (nSPS) is 12.1. The molecule has 0 spiro atoms. The van der Waals surface area contributed by atoms with Crippen LogP contribution in [0.5, 0.6) is 0 Å². The van der Waals surface area contributed by atoms with Gasteiger partial charge in [0.1, 0.15) is 0 Å². The molecule has 7 nitrogen and oxygen atoms in total. The van der Waals surface area contributed by atoms with Crippen LogP contribution in [0.15, 0.2) is 47.6 Å². The first-order valence-corrected chi connectivity index (χ1v) is 13.0. The molecule has 10 heteroatoms. The number of halogens is 2. The van der Waals surface area contributed by atoms with E-state index < -0.39 is 6.04 Å². The zero-order valence-corrected chi connectivity index (χ0v) is 22.6. The van der Waals surface area contributed by atoms with Crippen LogP contribution in [0.4, 0.5) is 5.69 Å². The summed E-state index contributed by atoms with van der Waals surface area (Å²) in [6.07, 6.45) is 0. The van der Waals surface area contributed by atoms with Crippen molar-refractivity contribution >= 4 is 52.5 Å². The summed E-state index contributed by atoms with van der Waals surface area (Å²) >= 11 is 13.4. The number of hydrogen-bond acceptors (Lipinski definition) is 5. The van der Waals surface area contributed by atoms with Crippen LogP contribution in [-0.2, 0) is 11.8 Å². The van der Waals surface area contributed by atoms with E-state index in [4.69, 9.17) is 23.2 Å². The molecule has 0 bridgehead atoms. The standard InChI is InChI=1S/C25H29Cl2N5O2S/c1-14(2)16-6-9-18(10-7-16)28-21(33)13-35-25-31-30-23(32(25)5)22(15(3)4)29-24(34)19-11-8-17(26)12-20(19)27/h6-12,14-15,22H,13H2,1-5H3,(H,28,33)(H,29,34)/t22-/m1/s1. The van der Waals surface area contributed by atoms with E-state index in [9.17, 15) is 9.59 Å². The van der Waals surface area contributed by atoms with Crippen molar-refractivity contribution in [1.29, 1.82) is 0 Å². The first-order valence-electron chi connectivity index (χ1n) is 11.2. The second-order valence-corrected chi connectivity index (χ2v) is 10.6. The lowest BCUT2D eigenvalue weighted by atomic mass is 10.0. The molecule has 35 heavy (non-hydrogen) atoms. The summed E-state index contributed by atoms with van der Waals surface area (Å²) < 4.78 is 1.80. The van der Waals surface area contributed by atoms with Gasteiger partial charge in [0.2, 0.25) is 5.91 Å². The summed E-state index contributed by atoms with van der Waals surface area (Å²) in [7, 11) is 1.82.